The minimum atomic E-state index is -0.373. The first-order valence-electron chi connectivity index (χ1n) is 11.0. The molecule has 6 heteroatoms. The third kappa shape index (κ3) is 3.98. The van der Waals surface area contributed by atoms with Crippen LogP contribution in [0.15, 0.2) is 54.6 Å². The zero-order valence-corrected chi connectivity index (χ0v) is 18.3. The molecule has 2 aliphatic rings. The summed E-state index contributed by atoms with van der Waals surface area (Å²) < 4.78 is 1.08. The van der Waals surface area contributed by atoms with Gasteiger partial charge in [0.1, 0.15) is 0 Å². The van der Waals surface area contributed by atoms with E-state index in [0.29, 0.717) is 11.3 Å². The number of benzene rings is 2. The second-order valence-corrected chi connectivity index (χ2v) is 9.73. The van der Waals surface area contributed by atoms with Gasteiger partial charge in [-0.15, -0.1) is 11.3 Å². The fraction of sp³-hybridized carbons (Fsp3) is 0.360. The van der Waals surface area contributed by atoms with Crippen LogP contribution in [-0.4, -0.2) is 47.3 Å². The topological polar surface area (TPSA) is 66.6 Å². The van der Waals surface area contributed by atoms with Gasteiger partial charge >= 0.3 is 0 Å². The fourth-order valence-corrected chi connectivity index (χ4v) is 6.09. The lowest BCUT2D eigenvalue weighted by Gasteiger charge is -2.41. The molecule has 2 fully saturated rings. The van der Waals surface area contributed by atoms with E-state index in [2.05, 4.69) is 40.1 Å². The molecule has 3 heterocycles. The Labute approximate surface area is 186 Å². The number of hydrogen-bond acceptors (Lipinski definition) is 4. The van der Waals surface area contributed by atoms with Crippen LogP contribution in [-0.2, 0) is 17.8 Å². The second-order valence-electron chi connectivity index (χ2n) is 8.68. The summed E-state index contributed by atoms with van der Waals surface area (Å²) in [6.07, 6.45) is 2.70. The van der Waals surface area contributed by atoms with Gasteiger partial charge in [0.2, 0.25) is 5.91 Å². The van der Waals surface area contributed by atoms with Gasteiger partial charge in [0.25, 0.3) is 5.91 Å². The number of nitrogens with zero attached hydrogens (tertiary/aromatic N) is 2. The zero-order valence-electron chi connectivity index (χ0n) is 17.5. The van der Waals surface area contributed by atoms with Gasteiger partial charge in [-0.05, 0) is 41.8 Å². The van der Waals surface area contributed by atoms with E-state index in [1.165, 1.54) is 16.9 Å². The Morgan fingerprint density at radius 2 is 1.77 bits per heavy atom. The number of likely N-dealkylation sites (tertiary alicyclic amines) is 2. The highest BCUT2D eigenvalue weighted by Crippen LogP contribution is 2.35. The molecular weight excluding hydrogens is 406 g/mol. The molecular formula is C25H27N3O2S. The molecule has 0 aliphatic carbocycles. The van der Waals surface area contributed by atoms with Crippen molar-refractivity contribution in [1.29, 1.82) is 0 Å². The van der Waals surface area contributed by atoms with E-state index in [1.54, 1.807) is 0 Å². The van der Waals surface area contributed by atoms with E-state index in [-0.39, 0.29) is 23.8 Å². The van der Waals surface area contributed by atoms with Crippen molar-refractivity contribution in [1.82, 2.24) is 9.80 Å². The number of amides is 2. The molecule has 0 radical (unpaired) electrons. The van der Waals surface area contributed by atoms with Crippen molar-refractivity contribution in [3.05, 3.63) is 70.6 Å². The minimum Gasteiger partial charge on any atom is -0.365 e. The standard InChI is InChI=1S/C25H27N3O2S/c26-24(29)23-21(20-10-4-5-11-22(20)31-23)13-19-9-6-12-28(19)25(30)18-15-27(16-18)14-17-7-2-1-3-8-17/h1-5,7-8,10-11,18-19H,6,9,12-16H2,(H2,26,29). The first-order valence-corrected chi connectivity index (χ1v) is 11.8. The number of hydrogen-bond donors (Lipinski definition) is 1. The summed E-state index contributed by atoms with van der Waals surface area (Å²) in [7, 11) is 0. The Morgan fingerprint density at radius 1 is 1.03 bits per heavy atom. The zero-order chi connectivity index (χ0) is 21.4. The van der Waals surface area contributed by atoms with Crippen LogP contribution in [0.3, 0.4) is 0 Å². The average molecular weight is 434 g/mol. The van der Waals surface area contributed by atoms with Gasteiger partial charge in [-0.3, -0.25) is 14.5 Å². The molecule has 2 aromatic carbocycles. The molecule has 2 saturated heterocycles. The molecule has 5 nitrogen and oxygen atoms in total. The predicted octanol–water partition coefficient (Wildman–Crippen LogP) is 3.67. The van der Waals surface area contributed by atoms with E-state index in [1.807, 2.05) is 24.3 Å². The summed E-state index contributed by atoms with van der Waals surface area (Å²) in [6.45, 7) is 3.36. The van der Waals surface area contributed by atoms with E-state index in [0.717, 1.165) is 54.7 Å². The number of carbonyl (C=O) groups excluding carboxylic acids is 2. The molecule has 2 N–H and O–H groups in total. The number of nitrogens with two attached hydrogens (primary N) is 1. The molecule has 31 heavy (non-hydrogen) atoms. The highest BCUT2D eigenvalue weighted by molar-refractivity contribution is 7.21. The monoisotopic (exact) mass is 433 g/mol. The van der Waals surface area contributed by atoms with Crippen LogP contribution in [0.25, 0.3) is 10.1 Å². The molecule has 1 atom stereocenters. The summed E-state index contributed by atoms with van der Waals surface area (Å²) in [5, 5.41) is 1.10. The van der Waals surface area contributed by atoms with E-state index in [9.17, 15) is 9.59 Å². The van der Waals surface area contributed by atoms with Gasteiger partial charge in [-0.1, -0.05) is 48.5 Å². The Hall–Kier alpha value is -2.70. The van der Waals surface area contributed by atoms with Gasteiger partial charge in [0, 0.05) is 36.9 Å². The van der Waals surface area contributed by atoms with Crippen LogP contribution in [0, 0.1) is 5.92 Å². The molecule has 5 rings (SSSR count). The lowest BCUT2D eigenvalue weighted by atomic mass is 9.95. The Bertz CT molecular complexity index is 1100. The third-order valence-electron chi connectivity index (χ3n) is 6.58. The number of thiophene rings is 1. The molecule has 3 aromatic rings. The number of carbonyl (C=O) groups is 2. The number of primary amides is 1. The molecule has 2 amide bonds. The lowest BCUT2D eigenvalue weighted by Crippen LogP contribution is -2.55. The summed E-state index contributed by atoms with van der Waals surface area (Å²) in [5.74, 6) is -0.0197. The lowest BCUT2D eigenvalue weighted by molar-refractivity contribution is -0.142. The van der Waals surface area contributed by atoms with Crippen molar-refractivity contribution in [3.63, 3.8) is 0 Å². The Kier molecular flexibility index (Phi) is 5.50. The molecule has 2 aliphatic heterocycles. The molecule has 1 aromatic heterocycles. The summed E-state index contributed by atoms with van der Waals surface area (Å²) >= 11 is 1.46. The summed E-state index contributed by atoms with van der Waals surface area (Å²) in [5.41, 5.74) is 7.99. The van der Waals surface area contributed by atoms with Crippen LogP contribution in [0.5, 0.6) is 0 Å². The molecule has 0 saturated carbocycles. The first-order chi connectivity index (χ1) is 15.1. The maximum atomic E-state index is 13.3. The predicted molar refractivity (Wildman–Crippen MR) is 124 cm³/mol. The van der Waals surface area contributed by atoms with Crippen molar-refractivity contribution in [2.24, 2.45) is 11.7 Å². The van der Waals surface area contributed by atoms with Crippen LogP contribution in [0.2, 0.25) is 0 Å². The fourth-order valence-electron chi connectivity index (χ4n) is 5.01. The maximum Gasteiger partial charge on any atom is 0.259 e. The van der Waals surface area contributed by atoms with Gasteiger partial charge < -0.3 is 10.6 Å². The van der Waals surface area contributed by atoms with Gasteiger partial charge in [0.15, 0.2) is 0 Å². The Balaban J connectivity index is 1.27. The van der Waals surface area contributed by atoms with Crippen molar-refractivity contribution in [2.45, 2.75) is 31.8 Å². The number of fused-ring (bicyclic) bond motifs is 1. The molecule has 0 bridgehead atoms. The Morgan fingerprint density at radius 3 is 2.55 bits per heavy atom. The normalized spacial score (nSPS) is 19.6. The van der Waals surface area contributed by atoms with Gasteiger partial charge in [0.05, 0.1) is 10.8 Å². The minimum absolute atomic E-state index is 0.0825. The average Bonchev–Trinajstić information content (AvgIpc) is 3.36. The third-order valence-corrected chi connectivity index (χ3v) is 7.81. The summed E-state index contributed by atoms with van der Waals surface area (Å²) in [4.78, 5) is 30.4. The quantitative estimate of drug-likeness (QED) is 0.645. The van der Waals surface area contributed by atoms with Crippen LogP contribution in [0.4, 0.5) is 0 Å². The highest BCUT2D eigenvalue weighted by atomic mass is 32.1. The van der Waals surface area contributed by atoms with E-state index in [4.69, 9.17) is 5.73 Å². The van der Waals surface area contributed by atoms with Crippen LogP contribution >= 0.6 is 11.3 Å². The second kappa shape index (κ2) is 8.44. The van der Waals surface area contributed by atoms with E-state index >= 15 is 0 Å². The van der Waals surface area contributed by atoms with Crippen molar-refractivity contribution < 1.29 is 9.59 Å². The molecule has 1 unspecified atom stereocenters. The van der Waals surface area contributed by atoms with Gasteiger partial charge in [-0.2, -0.15) is 0 Å². The maximum absolute atomic E-state index is 13.3. The van der Waals surface area contributed by atoms with Crippen molar-refractivity contribution >= 4 is 33.2 Å². The smallest absolute Gasteiger partial charge is 0.259 e. The van der Waals surface area contributed by atoms with Gasteiger partial charge in [-0.25, -0.2) is 0 Å². The molecule has 0 spiro atoms. The highest BCUT2D eigenvalue weighted by Gasteiger charge is 2.39. The van der Waals surface area contributed by atoms with Crippen molar-refractivity contribution in [3.8, 4) is 0 Å². The van der Waals surface area contributed by atoms with E-state index < -0.39 is 0 Å². The van der Waals surface area contributed by atoms with Crippen molar-refractivity contribution in [2.75, 3.05) is 19.6 Å². The first kappa shape index (κ1) is 20.2. The van der Waals surface area contributed by atoms with Crippen LogP contribution < -0.4 is 5.73 Å². The SMILES string of the molecule is NC(=O)c1sc2ccccc2c1CC1CCCN1C(=O)C1CN(Cc2ccccc2)C1. The van der Waals surface area contributed by atoms with Crippen LogP contribution in [0.1, 0.15) is 33.6 Å². The summed E-state index contributed by atoms with van der Waals surface area (Å²) in [6, 6.07) is 18.6. The molecule has 160 valence electrons. The number of rotatable bonds is 6. The largest absolute Gasteiger partial charge is 0.365 e.